The molecule has 0 amide bonds. The highest BCUT2D eigenvalue weighted by atomic mass is 79.9. The first-order valence-electron chi connectivity index (χ1n) is 4.63. The van der Waals surface area contributed by atoms with Crippen molar-refractivity contribution in [3.8, 4) is 17.2 Å². The van der Waals surface area contributed by atoms with E-state index in [1.54, 1.807) is 19.2 Å². The van der Waals surface area contributed by atoms with Crippen LogP contribution in [0.4, 0.5) is 0 Å². The Balaban J connectivity index is 2.91. The van der Waals surface area contributed by atoms with E-state index in [4.69, 9.17) is 25.2 Å². The van der Waals surface area contributed by atoms with Gasteiger partial charge >= 0.3 is 0 Å². The van der Waals surface area contributed by atoms with Gasteiger partial charge in [-0.05, 0) is 22.0 Å². The molecule has 7 heteroatoms. The number of nitrogens with zero attached hydrogens (tertiary/aromatic N) is 1. The number of rotatable bonds is 5. The Morgan fingerprint density at radius 3 is 2.65 bits per heavy atom. The number of benzene rings is 1. The molecule has 1 aromatic rings. The summed E-state index contributed by atoms with van der Waals surface area (Å²) >= 11 is 3.33. The minimum atomic E-state index is -0.0177. The summed E-state index contributed by atoms with van der Waals surface area (Å²) in [4.78, 5) is 0. The lowest BCUT2D eigenvalue weighted by atomic mass is 10.3. The second kappa shape index (κ2) is 6.19. The molecular weight excluding hydrogens is 292 g/mol. The molecule has 0 atom stereocenters. The van der Waals surface area contributed by atoms with Crippen LogP contribution in [0.1, 0.15) is 0 Å². The molecule has 0 bridgehead atoms. The molecule has 1 aromatic carbocycles. The zero-order valence-corrected chi connectivity index (χ0v) is 11.0. The molecule has 17 heavy (non-hydrogen) atoms. The standard InChI is InChI=1S/C10H13BrN2O4/c1-15-8-4-6(17-5-9(12)13-14)3-7(11)10(8)16-2/h3-4,14H,5H2,1-2H3,(H2,12,13). The van der Waals surface area contributed by atoms with Crippen LogP contribution in [0, 0.1) is 0 Å². The van der Waals surface area contributed by atoms with Crippen molar-refractivity contribution in [1.29, 1.82) is 0 Å². The lowest BCUT2D eigenvalue weighted by Crippen LogP contribution is -2.20. The van der Waals surface area contributed by atoms with Crippen LogP contribution in [0.5, 0.6) is 17.2 Å². The van der Waals surface area contributed by atoms with Crippen LogP contribution in [-0.4, -0.2) is 31.9 Å². The zero-order chi connectivity index (χ0) is 12.8. The van der Waals surface area contributed by atoms with E-state index in [1.807, 2.05) is 0 Å². The number of ether oxygens (including phenoxy) is 3. The van der Waals surface area contributed by atoms with Crippen molar-refractivity contribution in [2.75, 3.05) is 20.8 Å². The monoisotopic (exact) mass is 304 g/mol. The normalized spacial score (nSPS) is 11.1. The first kappa shape index (κ1) is 13.4. The largest absolute Gasteiger partial charge is 0.493 e. The lowest BCUT2D eigenvalue weighted by molar-refractivity contribution is 0.305. The SMILES string of the molecule is COc1cc(OC/C(N)=N/O)cc(Br)c1OC. The quantitative estimate of drug-likeness (QED) is 0.373. The molecule has 0 aliphatic rings. The molecule has 0 fully saturated rings. The fourth-order valence-electron chi connectivity index (χ4n) is 1.16. The van der Waals surface area contributed by atoms with Crippen molar-refractivity contribution in [3.05, 3.63) is 16.6 Å². The molecule has 1 rings (SSSR count). The van der Waals surface area contributed by atoms with Gasteiger partial charge in [0.05, 0.1) is 18.7 Å². The molecule has 0 aromatic heterocycles. The Morgan fingerprint density at radius 1 is 1.41 bits per heavy atom. The highest BCUT2D eigenvalue weighted by Gasteiger charge is 2.11. The summed E-state index contributed by atoms with van der Waals surface area (Å²) in [5, 5.41) is 11.2. The zero-order valence-electron chi connectivity index (χ0n) is 9.44. The van der Waals surface area contributed by atoms with Gasteiger partial charge in [-0.25, -0.2) is 0 Å². The van der Waals surface area contributed by atoms with Crippen molar-refractivity contribution < 1.29 is 19.4 Å². The molecule has 0 saturated heterocycles. The van der Waals surface area contributed by atoms with Gasteiger partial charge in [0.1, 0.15) is 12.4 Å². The predicted molar refractivity (Wildman–Crippen MR) is 66.1 cm³/mol. The van der Waals surface area contributed by atoms with Gasteiger partial charge in [-0.2, -0.15) is 0 Å². The maximum Gasteiger partial charge on any atom is 0.177 e. The summed E-state index contributed by atoms with van der Waals surface area (Å²) < 4.78 is 16.3. The molecule has 94 valence electrons. The third kappa shape index (κ3) is 3.42. The van der Waals surface area contributed by atoms with Gasteiger partial charge in [0.2, 0.25) is 0 Å². The van der Waals surface area contributed by atoms with Crippen LogP contribution in [0.15, 0.2) is 21.8 Å². The van der Waals surface area contributed by atoms with Crippen molar-refractivity contribution in [2.45, 2.75) is 0 Å². The van der Waals surface area contributed by atoms with Gasteiger partial charge in [-0.3, -0.25) is 0 Å². The van der Waals surface area contributed by atoms with E-state index in [9.17, 15) is 0 Å². The van der Waals surface area contributed by atoms with Gasteiger partial charge in [-0.15, -0.1) is 0 Å². The van der Waals surface area contributed by atoms with Gasteiger partial charge in [0.15, 0.2) is 17.3 Å². The first-order valence-corrected chi connectivity index (χ1v) is 5.42. The Hall–Kier alpha value is -1.63. The summed E-state index contributed by atoms with van der Waals surface area (Å²) in [7, 11) is 3.07. The molecule has 6 nitrogen and oxygen atoms in total. The highest BCUT2D eigenvalue weighted by molar-refractivity contribution is 9.10. The average Bonchev–Trinajstić information content (AvgIpc) is 2.34. The minimum Gasteiger partial charge on any atom is -0.493 e. The third-order valence-corrected chi connectivity index (χ3v) is 2.51. The first-order chi connectivity index (χ1) is 8.12. The number of amidine groups is 1. The lowest BCUT2D eigenvalue weighted by Gasteiger charge is -2.12. The molecular formula is C10H13BrN2O4. The van der Waals surface area contributed by atoms with E-state index < -0.39 is 0 Å². The summed E-state index contributed by atoms with van der Waals surface area (Å²) in [5.41, 5.74) is 5.29. The maximum absolute atomic E-state index is 8.38. The van der Waals surface area contributed by atoms with Crippen LogP contribution in [-0.2, 0) is 0 Å². The topological polar surface area (TPSA) is 86.3 Å². The van der Waals surface area contributed by atoms with E-state index >= 15 is 0 Å². The summed E-state index contributed by atoms with van der Waals surface area (Å²) in [6.07, 6.45) is 0. The Bertz CT molecular complexity index is 423. The molecule has 0 unspecified atom stereocenters. The van der Waals surface area contributed by atoms with Crippen LogP contribution >= 0.6 is 15.9 Å². The highest BCUT2D eigenvalue weighted by Crippen LogP contribution is 2.38. The smallest absolute Gasteiger partial charge is 0.177 e. The molecule has 0 spiro atoms. The van der Waals surface area contributed by atoms with E-state index in [-0.39, 0.29) is 12.4 Å². The van der Waals surface area contributed by atoms with Gasteiger partial charge < -0.3 is 25.2 Å². The van der Waals surface area contributed by atoms with E-state index in [0.29, 0.717) is 21.7 Å². The Kier molecular flexibility index (Phi) is 4.89. The van der Waals surface area contributed by atoms with Crippen LogP contribution in [0.2, 0.25) is 0 Å². The number of hydrogen-bond donors (Lipinski definition) is 2. The number of hydrogen-bond acceptors (Lipinski definition) is 5. The van der Waals surface area contributed by atoms with E-state index in [2.05, 4.69) is 21.1 Å². The van der Waals surface area contributed by atoms with Gasteiger partial charge in [-0.1, -0.05) is 5.16 Å². The second-order valence-corrected chi connectivity index (χ2v) is 3.87. The molecule has 3 N–H and O–H groups in total. The number of nitrogens with two attached hydrogens (primary N) is 1. The fraction of sp³-hybridized carbons (Fsp3) is 0.300. The van der Waals surface area contributed by atoms with Crippen LogP contribution < -0.4 is 19.9 Å². The molecule has 0 heterocycles. The number of methoxy groups -OCH3 is 2. The summed E-state index contributed by atoms with van der Waals surface area (Å²) in [5.74, 6) is 1.59. The van der Waals surface area contributed by atoms with Crippen molar-refractivity contribution in [1.82, 2.24) is 0 Å². The maximum atomic E-state index is 8.38. The van der Waals surface area contributed by atoms with Gasteiger partial charge in [0.25, 0.3) is 0 Å². The van der Waals surface area contributed by atoms with Crippen molar-refractivity contribution >= 4 is 21.8 Å². The number of oxime groups is 1. The molecule has 0 aliphatic carbocycles. The molecule has 0 saturated carbocycles. The minimum absolute atomic E-state index is 0.0155. The second-order valence-electron chi connectivity index (χ2n) is 3.02. The molecule has 0 radical (unpaired) electrons. The van der Waals surface area contributed by atoms with Crippen LogP contribution in [0.25, 0.3) is 0 Å². The van der Waals surface area contributed by atoms with Gasteiger partial charge in [0, 0.05) is 6.07 Å². The predicted octanol–water partition coefficient (Wildman–Crippen LogP) is 1.59. The summed E-state index contributed by atoms with van der Waals surface area (Å²) in [6.45, 7) is -0.0155. The third-order valence-electron chi connectivity index (χ3n) is 1.92. The Labute approximate surface area is 107 Å². The van der Waals surface area contributed by atoms with Crippen molar-refractivity contribution in [3.63, 3.8) is 0 Å². The number of halogens is 1. The summed E-state index contributed by atoms with van der Waals surface area (Å²) in [6, 6.07) is 3.35. The van der Waals surface area contributed by atoms with Crippen LogP contribution in [0.3, 0.4) is 0 Å². The average molecular weight is 305 g/mol. The van der Waals surface area contributed by atoms with Crippen molar-refractivity contribution in [2.24, 2.45) is 10.9 Å². The van der Waals surface area contributed by atoms with E-state index in [0.717, 1.165) is 0 Å². The Morgan fingerprint density at radius 2 is 2.12 bits per heavy atom. The fourth-order valence-corrected chi connectivity index (χ4v) is 1.75. The van der Waals surface area contributed by atoms with E-state index in [1.165, 1.54) is 7.11 Å². The molecule has 0 aliphatic heterocycles.